The molecule has 0 radical (unpaired) electrons. The summed E-state index contributed by atoms with van der Waals surface area (Å²) in [5.74, 6) is 1.13. The molecule has 2 heterocycles. The highest BCUT2D eigenvalue weighted by atomic mass is 19.3. The van der Waals surface area contributed by atoms with Crippen LogP contribution in [0.5, 0.6) is 0 Å². The molecule has 1 fully saturated rings. The minimum absolute atomic E-state index is 0.0268. The first-order chi connectivity index (χ1) is 14.2. The Morgan fingerprint density at radius 2 is 1.79 bits per heavy atom. The van der Waals surface area contributed by atoms with E-state index in [-0.39, 0.29) is 11.6 Å². The fraction of sp³-hybridized carbons (Fsp3) is 0.391. The average Bonchev–Trinajstić information content (AvgIpc) is 3.43. The average molecular weight is 395 g/mol. The Morgan fingerprint density at radius 1 is 1.00 bits per heavy atom. The number of benzene rings is 2. The second kappa shape index (κ2) is 7.67. The van der Waals surface area contributed by atoms with Gasteiger partial charge in [0, 0.05) is 16.7 Å². The van der Waals surface area contributed by atoms with Crippen LogP contribution in [-0.2, 0) is 17.8 Å². The third kappa shape index (κ3) is 3.35. The van der Waals surface area contributed by atoms with Crippen LogP contribution >= 0.6 is 0 Å². The number of hydrogen-bond donors (Lipinski definition) is 0. The Bertz CT molecular complexity index is 1020. The maximum atomic E-state index is 13.6. The normalized spacial score (nSPS) is 17.1. The molecule has 29 heavy (non-hydrogen) atoms. The lowest BCUT2D eigenvalue weighted by Gasteiger charge is -2.20. The third-order valence-electron chi connectivity index (χ3n) is 6.01. The van der Waals surface area contributed by atoms with Crippen LogP contribution in [-0.4, -0.2) is 21.4 Å². The van der Waals surface area contributed by atoms with Crippen molar-refractivity contribution < 1.29 is 13.5 Å². The van der Waals surface area contributed by atoms with Gasteiger partial charge in [-0.2, -0.15) is 5.10 Å². The lowest BCUT2D eigenvalue weighted by Crippen LogP contribution is -2.14. The van der Waals surface area contributed by atoms with Crippen molar-refractivity contribution in [1.82, 2.24) is 14.8 Å². The van der Waals surface area contributed by atoms with E-state index in [1.165, 1.54) is 11.6 Å². The van der Waals surface area contributed by atoms with Gasteiger partial charge in [-0.1, -0.05) is 55.3 Å². The van der Waals surface area contributed by atoms with E-state index in [0.29, 0.717) is 18.0 Å². The van der Waals surface area contributed by atoms with E-state index < -0.39 is 6.43 Å². The van der Waals surface area contributed by atoms with Gasteiger partial charge in [0.2, 0.25) is 0 Å². The van der Waals surface area contributed by atoms with E-state index in [1.807, 2.05) is 16.8 Å². The Kier molecular flexibility index (Phi) is 4.87. The zero-order valence-electron chi connectivity index (χ0n) is 16.2. The summed E-state index contributed by atoms with van der Waals surface area (Å²) < 4.78 is 34.9. The summed E-state index contributed by atoms with van der Waals surface area (Å²) in [7, 11) is 0. The van der Waals surface area contributed by atoms with Crippen molar-refractivity contribution in [3.63, 3.8) is 0 Å². The Balaban J connectivity index is 1.68. The predicted molar refractivity (Wildman–Crippen MR) is 107 cm³/mol. The Hall–Kier alpha value is -2.60. The largest absolute Gasteiger partial charge is 0.376 e. The minimum atomic E-state index is -2.56. The molecule has 5 rings (SSSR count). The lowest BCUT2D eigenvalue weighted by molar-refractivity contribution is 0.111. The van der Waals surface area contributed by atoms with E-state index in [9.17, 15) is 8.78 Å². The molecule has 4 nitrogen and oxygen atoms in total. The fourth-order valence-corrected chi connectivity index (χ4v) is 4.52. The summed E-state index contributed by atoms with van der Waals surface area (Å²) in [6, 6.07) is 13.0. The molecule has 1 saturated carbocycles. The fourth-order valence-electron chi connectivity index (χ4n) is 4.52. The molecule has 1 aliphatic heterocycles. The molecule has 2 aromatic carbocycles. The van der Waals surface area contributed by atoms with E-state index in [2.05, 4.69) is 6.07 Å². The van der Waals surface area contributed by atoms with Crippen molar-refractivity contribution in [3.05, 3.63) is 59.2 Å². The van der Waals surface area contributed by atoms with Gasteiger partial charge in [0.05, 0.1) is 19.3 Å². The predicted octanol–water partition coefficient (Wildman–Crippen LogP) is 5.74. The van der Waals surface area contributed by atoms with Crippen LogP contribution in [0.25, 0.3) is 22.8 Å². The van der Waals surface area contributed by atoms with E-state index in [4.69, 9.17) is 14.8 Å². The molecule has 0 amide bonds. The van der Waals surface area contributed by atoms with Gasteiger partial charge < -0.3 is 4.74 Å². The summed E-state index contributed by atoms with van der Waals surface area (Å²) in [6.07, 6.45) is 2.70. The van der Waals surface area contributed by atoms with Crippen LogP contribution in [0, 0.1) is 0 Å². The monoisotopic (exact) mass is 395 g/mol. The molecule has 2 aliphatic rings. The third-order valence-corrected chi connectivity index (χ3v) is 6.01. The molecule has 150 valence electrons. The summed E-state index contributed by atoms with van der Waals surface area (Å²) in [6.45, 7) is 1.27. The molecule has 0 saturated heterocycles. The van der Waals surface area contributed by atoms with Gasteiger partial charge >= 0.3 is 0 Å². The number of halogens is 2. The van der Waals surface area contributed by atoms with Crippen molar-refractivity contribution in [1.29, 1.82) is 0 Å². The number of hydrogen-bond acceptors (Lipinski definition) is 3. The highest BCUT2D eigenvalue weighted by Crippen LogP contribution is 2.37. The van der Waals surface area contributed by atoms with Crippen LogP contribution in [0.2, 0.25) is 0 Å². The molecule has 0 atom stereocenters. The van der Waals surface area contributed by atoms with Crippen molar-refractivity contribution >= 4 is 0 Å². The van der Waals surface area contributed by atoms with Crippen LogP contribution in [0.1, 0.15) is 54.8 Å². The molecule has 1 aliphatic carbocycles. The van der Waals surface area contributed by atoms with Crippen molar-refractivity contribution in [3.8, 4) is 22.8 Å². The lowest BCUT2D eigenvalue weighted by atomic mass is 9.97. The van der Waals surface area contributed by atoms with E-state index in [0.717, 1.165) is 55.7 Å². The molecule has 6 heteroatoms. The van der Waals surface area contributed by atoms with Gasteiger partial charge in [-0.05, 0) is 30.4 Å². The first kappa shape index (κ1) is 18.4. The minimum Gasteiger partial charge on any atom is -0.376 e. The first-order valence-electron chi connectivity index (χ1n) is 10.3. The van der Waals surface area contributed by atoms with Gasteiger partial charge in [0.25, 0.3) is 6.43 Å². The second-order valence-electron chi connectivity index (χ2n) is 7.78. The summed E-state index contributed by atoms with van der Waals surface area (Å²) in [5, 5.41) is 4.76. The number of alkyl halides is 2. The molecular weight excluding hydrogens is 372 g/mol. The number of fused-ring (bicyclic) bond motifs is 1. The Labute approximate surface area is 168 Å². The SMILES string of the molecule is FC(F)c1ccccc1-c1nc(-c2cccc3c2COCC3)n(C2CCCC2)n1. The Morgan fingerprint density at radius 3 is 2.62 bits per heavy atom. The molecule has 0 bridgehead atoms. The maximum absolute atomic E-state index is 13.6. The van der Waals surface area contributed by atoms with E-state index >= 15 is 0 Å². The van der Waals surface area contributed by atoms with Crippen molar-refractivity contribution in [2.24, 2.45) is 0 Å². The summed E-state index contributed by atoms with van der Waals surface area (Å²) in [5.41, 5.74) is 3.79. The van der Waals surface area contributed by atoms with E-state index in [1.54, 1.807) is 18.2 Å². The highest BCUT2D eigenvalue weighted by Gasteiger charge is 2.27. The second-order valence-corrected chi connectivity index (χ2v) is 7.78. The van der Waals surface area contributed by atoms with Gasteiger partial charge in [0.1, 0.15) is 0 Å². The quantitative estimate of drug-likeness (QED) is 0.566. The first-order valence-corrected chi connectivity index (χ1v) is 10.3. The molecule has 0 N–H and O–H groups in total. The molecule has 0 unspecified atom stereocenters. The standard InChI is InChI=1S/C23H23F2N3O/c24-21(25)17-9-3-4-10-18(17)22-26-23(28(27-22)16-7-1-2-8-16)19-11-5-6-15-12-13-29-14-20(15)19/h3-6,9-11,16,21H,1-2,7-8,12-14H2. The molecule has 1 aromatic heterocycles. The molecular formula is C23H23F2N3O. The van der Waals surface area contributed by atoms with Gasteiger partial charge in [-0.3, -0.25) is 0 Å². The highest BCUT2D eigenvalue weighted by molar-refractivity contribution is 5.68. The topological polar surface area (TPSA) is 39.9 Å². The number of nitrogens with zero attached hydrogens (tertiary/aromatic N) is 3. The van der Waals surface area contributed by atoms with Crippen molar-refractivity contribution in [2.45, 2.75) is 51.2 Å². The summed E-state index contributed by atoms with van der Waals surface area (Å²) in [4.78, 5) is 4.81. The van der Waals surface area contributed by atoms with Crippen LogP contribution in [0.3, 0.4) is 0 Å². The van der Waals surface area contributed by atoms with Crippen LogP contribution < -0.4 is 0 Å². The van der Waals surface area contributed by atoms with Gasteiger partial charge in [0.15, 0.2) is 11.6 Å². The summed E-state index contributed by atoms with van der Waals surface area (Å²) >= 11 is 0. The van der Waals surface area contributed by atoms with Gasteiger partial charge in [-0.15, -0.1) is 0 Å². The molecule has 0 spiro atoms. The van der Waals surface area contributed by atoms with Crippen LogP contribution in [0.4, 0.5) is 8.78 Å². The van der Waals surface area contributed by atoms with Crippen molar-refractivity contribution in [2.75, 3.05) is 6.61 Å². The number of rotatable bonds is 4. The zero-order chi connectivity index (χ0) is 19.8. The number of ether oxygens (including phenoxy) is 1. The number of aromatic nitrogens is 3. The molecule has 3 aromatic rings. The van der Waals surface area contributed by atoms with Crippen LogP contribution in [0.15, 0.2) is 42.5 Å². The zero-order valence-corrected chi connectivity index (χ0v) is 16.2. The smallest absolute Gasteiger partial charge is 0.264 e. The van der Waals surface area contributed by atoms with Gasteiger partial charge in [-0.25, -0.2) is 18.4 Å². The maximum Gasteiger partial charge on any atom is 0.264 e.